The topological polar surface area (TPSA) is 67.9 Å². The van der Waals surface area contributed by atoms with E-state index in [1.165, 1.54) is 0 Å². The second kappa shape index (κ2) is 6.95. The number of methoxy groups -OCH3 is 1. The summed E-state index contributed by atoms with van der Waals surface area (Å²) in [6.07, 6.45) is 1.12. The van der Waals surface area contributed by atoms with Gasteiger partial charge < -0.3 is 14.4 Å². The predicted octanol–water partition coefficient (Wildman–Crippen LogP) is 2.98. The first-order valence-corrected chi connectivity index (χ1v) is 9.11. The van der Waals surface area contributed by atoms with Crippen LogP contribution in [0.4, 0.5) is 4.79 Å². The molecule has 2 fully saturated rings. The second-order valence-corrected chi connectivity index (χ2v) is 6.92. The third-order valence-electron chi connectivity index (χ3n) is 5.37. The van der Waals surface area contributed by atoms with Crippen molar-refractivity contribution >= 4 is 12.0 Å². The molecule has 27 heavy (non-hydrogen) atoms. The van der Waals surface area contributed by atoms with Crippen LogP contribution in [0, 0.1) is 0 Å². The van der Waals surface area contributed by atoms with E-state index in [0.29, 0.717) is 24.9 Å². The molecule has 2 aliphatic heterocycles. The lowest BCUT2D eigenvalue weighted by Crippen LogP contribution is -2.60. The molecular weight excluding hydrogens is 344 g/mol. The number of amides is 2. The lowest BCUT2D eigenvalue weighted by Gasteiger charge is -2.37. The molecule has 0 aliphatic carbocycles. The molecule has 2 aromatic carbocycles. The van der Waals surface area contributed by atoms with Crippen molar-refractivity contribution in [2.24, 2.45) is 0 Å². The van der Waals surface area contributed by atoms with E-state index in [4.69, 9.17) is 9.47 Å². The van der Waals surface area contributed by atoms with Crippen molar-refractivity contribution in [3.8, 4) is 5.75 Å². The number of nitrogens with zero attached hydrogens (tertiary/aromatic N) is 1. The van der Waals surface area contributed by atoms with Crippen molar-refractivity contribution in [3.05, 3.63) is 65.7 Å². The molecule has 2 heterocycles. The maximum atomic E-state index is 13.1. The maximum absolute atomic E-state index is 13.1. The average Bonchev–Trinajstić information content (AvgIpc) is 3.26. The molecule has 140 valence electrons. The molecule has 2 amide bonds. The van der Waals surface area contributed by atoms with Gasteiger partial charge in [-0.25, -0.2) is 4.79 Å². The van der Waals surface area contributed by atoms with Gasteiger partial charge in [0.15, 0.2) is 5.66 Å². The Morgan fingerprint density at radius 3 is 2.67 bits per heavy atom. The van der Waals surface area contributed by atoms with Crippen molar-refractivity contribution in [2.75, 3.05) is 13.7 Å². The largest absolute Gasteiger partial charge is 0.497 e. The van der Waals surface area contributed by atoms with Gasteiger partial charge in [-0.1, -0.05) is 30.3 Å². The highest BCUT2D eigenvalue weighted by Crippen LogP contribution is 2.38. The minimum absolute atomic E-state index is 0.0846. The van der Waals surface area contributed by atoms with Gasteiger partial charge in [-0.2, -0.15) is 0 Å². The van der Waals surface area contributed by atoms with Gasteiger partial charge in [-0.3, -0.25) is 10.1 Å². The van der Waals surface area contributed by atoms with Crippen molar-refractivity contribution in [1.29, 1.82) is 0 Å². The van der Waals surface area contributed by atoms with Crippen LogP contribution in [0.15, 0.2) is 54.6 Å². The number of carbonyl (C=O) groups is 2. The van der Waals surface area contributed by atoms with Crippen LogP contribution < -0.4 is 10.1 Å². The minimum Gasteiger partial charge on any atom is -0.497 e. The van der Waals surface area contributed by atoms with E-state index >= 15 is 0 Å². The van der Waals surface area contributed by atoms with E-state index in [2.05, 4.69) is 5.32 Å². The molecular formula is C21H22N2O4. The van der Waals surface area contributed by atoms with Gasteiger partial charge in [0, 0.05) is 18.5 Å². The molecule has 1 N–H and O–H groups in total. The number of ether oxygens (including phenoxy) is 2. The molecule has 6 heteroatoms. The number of hydrogen-bond donors (Lipinski definition) is 1. The van der Waals surface area contributed by atoms with Crippen LogP contribution in [-0.2, 0) is 11.2 Å². The normalized spacial score (nSPS) is 24.0. The van der Waals surface area contributed by atoms with Crippen LogP contribution in [0.2, 0.25) is 0 Å². The number of likely N-dealkylation sites (tertiary alicyclic amines) is 1. The van der Waals surface area contributed by atoms with Crippen LogP contribution >= 0.6 is 0 Å². The standard InChI is InChI=1S/C21H22N2O4/c1-26-17-10-8-15(9-11-17)14-18-21(22-20(25)27-18)12-5-13-23(21)19(24)16-6-3-2-4-7-16/h2-4,6-11,18H,5,12-14H2,1H3,(H,22,25)/t18-,21-/m0/s1. The second-order valence-electron chi connectivity index (χ2n) is 6.92. The summed E-state index contributed by atoms with van der Waals surface area (Å²) in [5.41, 5.74) is 0.836. The summed E-state index contributed by atoms with van der Waals surface area (Å²) in [6.45, 7) is 0.594. The molecule has 0 saturated carbocycles. The van der Waals surface area contributed by atoms with Crippen molar-refractivity contribution in [3.63, 3.8) is 0 Å². The number of nitrogens with one attached hydrogen (secondary N) is 1. The molecule has 1 spiro atoms. The maximum Gasteiger partial charge on any atom is 0.409 e. The fourth-order valence-electron chi connectivity index (χ4n) is 4.02. The van der Waals surface area contributed by atoms with E-state index in [9.17, 15) is 9.59 Å². The molecule has 0 radical (unpaired) electrons. The number of alkyl carbamates (subject to hydrolysis) is 1. The van der Waals surface area contributed by atoms with Gasteiger partial charge >= 0.3 is 6.09 Å². The third-order valence-corrected chi connectivity index (χ3v) is 5.37. The Kier molecular flexibility index (Phi) is 4.48. The van der Waals surface area contributed by atoms with E-state index in [1.54, 1.807) is 24.1 Å². The summed E-state index contributed by atoms with van der Waals surface area (Å²) >= 11 is 0. The van der Waals surface area contributed by atoms with Gasteiger partial charge in [0.05, 0.1) is 7.11 Å². The molecule has 6 nitrogen and oxygen atoms in total. The van der Waals surface area contributed by atoms with Crippen LogP contribution in [0.25, 0.3) is 0 Å². The van der Waals surface area contributed by atoms with Gasteiger partial charge in [-0.15, -0.1) is 0 Å². The zero-order valence-corrected chi connectivity index (χ0v) is 15.2. The van der Waals surface area contributed by atoms with Gasteiger partial charge in [-0.05, 0) is 42.7 Å². The number of carbonyl (C=O) groups excluding carboxylic acids is 2. The Balaban J connectivity index is 1.61. The highest BCUT2D eigenvalue weighted by molar-refractivity contribution is 5.95. The Hall–Kier alpha value is -3.02. The van der Waals surface area contributed by atoms with Crippen LogP contribution in [0.3, 0.4) is 0 Å². The average molecular weight is 366 g/mol. The first-order chi connectivity index (χ1) is 13.1. The summed E-state index contributed by atoms with van der Waals surface area (Å²) in [5, 5.41) is 2.94. The van der Waals surface area contributed by atoms with Crippen molar-refractivity contribution in [2.45, 2.75) is 31.0 Å². The molecule has 0 unspecified atom stereocenters. The van der Waals surface area contributed by atoms with E-state index in [0.717, 1.165) is 17.7 Å². The summed E-state index contributed by atoms with van der Waals surface area (Å²) in [5.74, 6) is 0.690. The fourth-order valence-corrected chi connectivity index (χ4v) is 4.02. The van der Waals surface area contributed by atoms with E-state index in [-0.39, 0.29) is 5.91 Å². The molecule has 0 bridgehead atoms. The van der Waals surface area contributed by atoms with Crippen LogP contribution in [-0.4, -0.2) is 42.3 Å². The zero-order valence-electron chi connectivity index (χ0n) is 15.2. The third kappa shape index (κ3) is 3.12. The summed E-state index contributed by atoms with van der Waals surface area (Å²) in [4.78, 5) is 27.0. The first kappa shape index (κ1) is 17.4. The number of rotatable bonds is 4. The van der Waals surface area contributed by atoms with Crippen LogP contribution in [0.5, 0.6) is 5.75 Å². The smallest absolute Gasteiger partial charge is 0.409 e. The minimum atomic E-state index is -0.802. The SMILES string of the molecule is COc1ccc(C[C@@H]2OC(=O)N[C@]23CCCN3C(=O)c2ccccc2)cc1. The molecule has 2 aliphatic rings. The lowest BCUT2D eigenvalue weighted by atomic mass is 9.94. The predicted molar refractivity (Wildman–Crippen MR) is 99.5 cm³/mol. The molecule has 4 rings (SSSR count). The number of hydrogen-bond acceptors (Lipinski definition) is 4. The van der Waals surface area contributed by atoms with Gasteiger partial charge in [0.2, 0.25) is 0 Å². The molecule has 2 aromatic rings. The zero-order chi connectivity index (χ0) is 18.9. The monoisotopic (exact) mass is 366 g/mol. The fraction of sp³-hybridized carbons (Fsp3) is 0.333. The molecule has 0 aromatic heterocycles. The summed E-state index contributed by atoms with van der Waals surface area (Å²) in [7, 11) is 1.62. The Bertz CT molecular complexity index is 837. The highest BCUT2D eigenvalue weighted by Gasteiger charge is 2.56. The highest BCUT2D eigenvalue weighted by atomic mass is 16.6. The van der Waals surface area contributed by atoms with Gasteiger partial charge in [0.25, 0.3) is 5.91 Å². The van der Waals surface area contributed by atoms with Gasteiger partial charge in [0.1, 0.15) is 11.9 Å². The molecule has 2 saturated heterocycles. The van der Waals surface area contributed by atoms with E-state index in [1.807, 2.05) is 42.5 Å². The Labute approximate surface area is 158 Å². The quantitative estimate of drug-likeness (QED) is 0.903. The van der Waals surface area contributed by atoms with Crippen molar-refractivity contribution < 1.29 is 19.1 Å². The first-order valence-electron chi connectivity index (χ1n) is 9.11. The number of cyclic esters (lactones) is 1. The Morgan fingerprint density at radius 1 is 1.22 bits per heavy atom. The summed E-state index contributed by atoms with van der Waals surface area (Å²) in [6, 6.07) is 16.8. The lowest BCUT2D eigenvalue weighted by molar-refractivity contribution is 0.0245. The Morgan fingerprint density at radius 2 is 1.96 bits per heavy atom. The molecule has 2 atom stereocenters. The number of benzene rings is 2. The van der Waals surface area contributed by atoms with E-state index < -0.39 is 17.9 Å². The summed E-state index contributed by atoms with van der Waals surface area (Å²) < 4.78 is 10.8. The van der Waals surface area contributed by atoms with Crippen LogP contribution in [0.1, 0.15) is 28.8 Å². The van der Waals surface area contributed by atoms with Crippen molar-refractivity contribution in [1.82, 2.24) is 10.2 Å².